The number of aromatic nitrogens is 4. The van der Waals surface area contributed by atoms with Gasteiger partial charge in [-0.3, -0.25) is 9.48 Å². The summed E-state index contributed by atoms with van der Waals surface area (Å²) in [5.41, 5.74) is 4.56. The van der Waals surface area contributed by atoms with Gasteiger partial charge >= 0.3 is 0 Å². The number of carbonyl (C=O) groups excluding carboxylic acids is 1. The fourth-order valence-corrected chi connectivity index (χ4v) is 2.64. The first kappa shape index (κ1) is 15.0. The highest BCUT2D eigenvalue weighted by molar-refractivity contribution is 6.02. The number of anilines is 1. The Morgan fingerprint density at radius 1 is 1.09 bits per heavy atom. The highest BCUT2D eigenvalue weighted by Crippen LogP contribution is 2.20. The predicted molar refractivity (Wildman–Crippen MR) is 88.9 cm³/mol. The lowest BCUT2D eigenvalue weighted by Crippen LogP contribution is -2.18. The van der Waals surface area contributed by atoms with Crippen LogP contribution < -0.4 is 5.32 Å². The predicted octanol–water partition coefficient (Wildman–Crippen LogP) is 2.78. The number of hydrogen-bond acceptors (Lipinski definition) is 3. The molecule has 1 amide bonds. The largest absolute Gasteiger partial charge is 0.305 e. The zero-order valence-corrected chi connectivity index (χ0v) is 13.7. The van der Waals surface area contributed by atoms with E-state index in [4.69, 9.17) is 0 Å². The molecule has 0 saturated carbocycles. The first-order valence-electron chi connectivity index (χ1n) is 7.39. The molecule has 23 heavy (non-hydrogen) atoms. The molecule has 0 spiro atoms. The standard InChI is InChI=1S/C17H19N5O/c1-11-7-12(2)9-14(8-11)22-16(10-13(3)20-22)19-17(23)15-5-6-18-21(15)4/h5-10H,1-4H3,(H,19,23). The second kappa shape index (κ2) is 5.72. The first-order chi connectivity index (χ1) is 10.9. The third-order valence-corrected chi connectivity index (χ3v) is 3.58. The Morgan fingerprint density at radius 3 is 2.39 bits per heavy atom. The van der Waals surface area contributed by atoms with E-state index in [1.54, 1.807) is 28.7 Å². The first-order valence-corrected chi connectivity index (χ1v) is 7.39. The van der Waals surface area contributed by atoms with Gasteiger partial charge in [0, 0.05) is 19.3 Å². The number of carbonyl (C=O) groups is 1. The van der Waals surface area contributed by atoms with Gasteiger partial charge in [-0.05, 0) is 50.1 Å². The summed E-state index contributed by atoms with van der Waals surface area (Å²) >= 11 is 0. The summed E-state index contributed by atoms with van der Waals surface area (Å²) < 4.78 is 3.29. The molecule has 0 bridgehead atoms. The molecule has 2 heterocycles. The zero-order valence-electron chi connectivity index (χ0n) is 13.7. The van der Waals surface area contributed by atoms with Crippen LogP contribution in [0.25, 0.3) is 5.69 Å². The Bertz CT molecular complexity index is 855. The smallest absolute Gasteiger partial charge is 0.275 e. The molecule has 3 aromatic rings. The van der Waals surface area contributed by atoms with E-state index in [-0.39, 0.29) is 5.91 Å². The molecule has 0 radical (unpaired) electrons. The maximum atomic E-state index is 12.4. The summed E-state index contributed by atoms with van der Waals surface area (Å²) in [5.74, 6) is 0.425. The molecule has 0 aliphatic rings. The number of rotatable bonds is 3. The second-order valence-corrected chi connectivity index (χ2v) is 5.72. The fraction of sp³-hybridized carbons (Fsp3) is 0.235. The van der Waals surface area contributed by atoms with Crippen molar-refractivity contribution in [2.75, 3.05) is 5.32 Å². The van der Waals surface area contributed by atoms with E-state index >= 15 is 0 Å². The summed E-state index contributed by atoms with van der Waals surface area (Å²) in [4.78, 5) is 12.4. The van der Waals surface area contributed by atoms with E-state index in [1.165, 1.54) is 0 Å². The molecule has 0 aliphatic carbocycles. The Morgan fingerprint density at radius 2 is 1.78 bits per heavy atom. The Balaban J connectivity index is 1.98. The van der Waals surface area contributed by atoms with E-state index in [1.807, 2.05) is 39.0 Å². The van der Waals surface area contributed by atoms with Crippen LogP contribution in [0, 0.1) is 20.8 Å². The van der Waals surface area contributed by atoms with Crippen molar-refractivity contribution in [3.05, 3.63) is 59.0 Å². The number of nitrogens with zero attached hydrogens (tertiary/aromatic N) is 4. The van der Waals surface area contributed by atoms with E-state index < -0.39 is 0 Å². The van der Waals surface area contributed by atoms with Gasteiger partial charge in [-0.1, -0.05) is 6.07 Å². The zero-order chi connectivity index (χ0) is 16.6. The SMILES string of the molecule is Cc1cc(C)cc(-n2nc(C)cc2NC(=O)c2ccnn2C)c1. The highest BCUT2D eigenvalue weighted by Gasteiger charge is 2.15. The van der Waals surface area contributed by atoms with Gasteiger partial charge < -0.3 is 5.32 Å². The van der Waals surface area contributed by atoms with E-state index in [0.29, 0.717) is 11.5 Å². The molecule has 0 fully saturated rings. The van der Waals surface area contributed by atoms with Crippen molar-refractivity contribution in [1.82, 2.24) is 19.6 Å². The van der Waals surface area contributed by atoms with Crippen molar-refractivity contribution in [3.8, 4) is 5.69 Å². The second-order valence-electron chi connectivity index (χ2n) is 5.72. The molecule has 3 rings (SSSR count). The van der Waals surface area contributed by atoms with Crippen LogP contribution in [0.4, 0.5) is 5.82 Å². The van der Waals surface area contributed by atoms with Crippen molar-refractivity contribution in [2.45, 2.75) is 20.8 Å². The summed E-state index contributed by atoms with van der Waals surface area (Å²) in [6.07, 6.45) is 1.60. The van der Waals surface area contributed by atoms with Gasteiger partial charge in [0.15, 0.2) is 0 Å². The topological polar surface area (TPSA) is 64.7 Å². The van der Waals surface area contributed by atoms with Gasteiger partial charge in [0.2, 0.25) is 0 Å². The molecule has 118 valence electrons. The summed E-state index contributed by atoms with van der Waals surface area (Å²) in [6, 6.07) is 9.72. The van der Waals surface area contributed by atoms with Crippen LogP contribution in [0.15, 0.2) is 36.5 Å². The van der Waals surface area contributed by atoms with Gasteiger partial charge in [-0.15, -0.1) is 0 Å². The third-order valence-electron chi connectivity index (χ3n) is 3.58. The minimum Gasteiger partial charge on any atom is -0.305 e. The average Bonchev–Trinajstić information content (AvgIpc) is 3.03. The van der Waals surface area contributed by atoms with Crippen LogP contribution in [-0.4, -0.2) is 25.5 Å². The van der Waals surface area contributed by atoms with Crippen LogP contribution in [-0.2, 0) is 7.05 Å². The molecular weight excluding hydrogens is 290 g/mol. The quantitative estimate of drug-likeness (QED) is 0.809. The van der Waals surface area contributed by atoms with Crippen LogP contribution >= 0.6 is 0 Å². The number of benzene rings is 1. The van der Waals surface area contributed by atoms with Crippen LogP contribution in [0.5, 0.6) is 0 Å². The lowest BCUT2D eigenvalue weighted by molar-refractivity contribution is 0.101. The maximum Gasteiger partial charge on any atom is 0.275 e. The Hall–Kier alpha value is -2.89. The normalized spacial score (nSPS) is 10.8. The van der Waals surface area contributed by atoms with Crippen LogP contribution in [0.3, 0.4) is 0 Å². The number of aryl methyl sites for hydroxylation is 4. The number of hydrogen-bond donors (Lipinski definition) is 1. The monoisotopic (exact) mass is 309 g/mol. The van der Waals surface area contributed by atoms with Crippen LogP contribution in [0.1, 0.15) is 27.3 Å². The van der Waals surface area contributed by atoms with Gasteiger partial charge in [0.1, 0.15) is 11.5 Å². The Labute approximate surface area is 134 Å². The van der Waals surface area contributed by atoms with E-state index in [0.717, 1.165) is 22.5 Å². The number of nitrogens with one attached hydrogen (secondary N) is 1. The average molecular weight is 309 g/mol. The molecular formula is C17H19N5O. The van der Waals surface area contributed by atoms with E-state index in [9.17, 15) is 4.79 Å². The molecule has 6 heteroatoms. The highest BCUT2D eigenvalue weighted by atomic mass is 16.2. The lowest BCUT2D eigenvalue weighted by Gasteiger charge is -2.10. The third kappa shape index (κ3) is 3.01. The maximum absolute atomic E-state index is 12.4. The molecule has 0 saturated heterocycles. The molecule has 0 aliphatic heterocycles. The molecule has 1 N–H and O–H groups in total. The molecule has 1 aromatic carbocycles. The summed E-state index contributed by atoms with van der Waals surface area (Å²) in [6.45, 7) is 5.99. The van der Waals surface area contributed by atoms with Gasteiger partial charge in [-0.2, -0.15) is 10.2 Å². The summed E-state index contributed by atoms with van der Waals surface area (Å²) in [7, 11) is 1.74. The van der Waals surface area contributed by atoms with Crippen LogP contribution in [0.2, 0.25) is 0 Å². The molecule has 2 aromatic heterocycles. The van der Waals surface area contributed by atoms with Gasteiger partial charge in [0.05, 0.1) is 11.4 Å². The fourth-order valence-electron chi connectivity index (χ4n) is 2.64. The van der Waals surface area contributed by atoms with Crippen molar-refractivity contribution in [3.63, 3.8) is 0 Å². The minimum atomic E-state index is -0.212. The van der Waals surface area contributed by atoms with Gasteiger partial charge in [-0.25, -0.2) is 4.68 Å². The van der Waals surface area contributed by atoms with E-state index in [2.05, 4.69) is 21.6 Å². The van der Waals surface area contributed by atoms with Crippen molar-refractivity contribution >= 4 is 11.7 Å². The Kier molecular flexibility index (Phi) is 3.73. The van der Waals surface area contributed by atoms with Crippen molar-refractivity contribution < 1.29 is 4.79 Å². The molecule has 0 atom stereocenters. The molecule has 6 nitrogen and oxygen atoms in total. The summed E-state index contributed by atoms with van der Waals surface area (Å²) in [5, 5.41) is 11.4. The molecule has 0 unspecified atom stereocenters. The van der Waals surface area contributed by atoms with Gasteiger partial charge in [0.25, 0.3) is 5.91 Å². The lowest BCUT2D eigenvalue weighted by atomic mass is 10.1. The minimum absolute atomic E-state index is 0.212. The van der Waals surface area contributed by atoms with Crippen molar-refractivity contribution in [2.24, 2.45) is 7.05 Å². The van der Waals surface area contributed by atoms with Crippen molar-refractivity contribution in [1.29, 1.82) is 0 Å². The number of amides is 1.